The van der Waals surface area contributed by atoms with Crippen LogP contribution in [0, 0.1) is 0 Å². The average molecular weight is 388 g/mol. The van der Waals surface area contributed by atoms with E-state index in [1.54, 1.807) is 22.0 Å². The van der Waals surface area contributed by atoms with Crippen LogP contribution >= 0.6 is 23.1 Å². The molecule has 7 heteroatoms. The van der Waals surface area contributed by atoms with Crippen molar-refractivity contribution in [3.63, 3.8) is 0 Å². The van der Waals surface area contributed by atoms with Crippen LogP contribution in [0.15, 0.2) is 51.7 Å². The number of fused-ring (bicyclic) bond motifs is 1. The summed E-state index contributed by atoms with van der Waals surface area (Å²) in [5.74, 6) is 0.180. The van der Waals surface area contributed by atoms with E-state index in [4.69, 9.17) is 0 Å². The highest BCUT2D eigenvalue weighted by molar-refractivity contribution is 7.99. The molecule has 1 amide bonds. The number of aryl methyl sites for hydroxylation is 1. The molecule has 0 saturated heterocycles. The van der Waals surface area contributed by atoms with Crippen LogP contribution in [-0.2, 0) is 17.8 Å². The van der Waals surface area contributed by atoms with E-state index in [1.165, 1.54) is 16.6 Å². The van der Waals surface area contributed by atoms with Gasteiger partial charge in [-0.1, -0.05) is 30.0 Å². The summed E-state index contributed by atoms with van der Waals surface area (Å²) < 4.78 is 1.69. The topological polar surface area (TPSA) is 64.0 Å². The number of thioether (sulfide) groups is 1. The molecular formula is C19H21N3O2S2. The van der Waals surface area contributed by atoms with Gasteiger partial charge >= 0.3 is 0 Å². The molecule has 0 aliphatic carbocycles. The zero-order chi connectivity index (χ0) is 18.5. The fraction of sp³-hybridized carbons (Fsp3) is 0.316. The van der Waals surface area contributed by atoms with Gasteiger partial charge in [-0.25, -0.2) is 4.98 Å². The second-order valence-corrected chi connectivity index (χ2v) is 8.18. The third kappa shape index (κ3) is 4.53. The van der Waals surface area contributed by atoms with E-state index in [0.29, 0.717) is 22.6 Å². The monoisotopic (exact) mass is 387 g/mol. The van der Waals surface area contributed by atoms with E-state index in [0.717, 1.165) is 6.42 Å². The summed E-state index contributed by atoms with van der Waals surface area (Å²) >= 11 is 2.98. The SMILES string of the molecule is CC(C)NC(=O)CSc1nc2ccccc2c(=O)n1CCc1cccs1. The van der Waals surface area contributed by atoms with Crippen molar-refractivity contribution in [2.24, 2.45) is 0 Å². The first-order valence-electron chi connectivity index (χ1n) is 8.48. The number of nitrogens with one attached hydrogen (secondary N) is 1. The predicted molar refractivity (Wildman–Crippen MR) is 108 cm³/mol. The summed E-state index contributed by atoms with van der Waals surface area (Å²) in [6.45, 7) is 4.40. The standard InChI is InChI=1S/C19H21N3O2S2/c1-13(2)20-17(23)12-26-19-21-16-8-4-3-7-15(16)18(24)22(19)10-9-14-6-5-11-25-14/h3-8,11,13H,9-10,12H2,1-2H3,(H,20,23). The smallest absolute Gasteiger partial charge is 0.262 e. The van der Waals surface area contributed by atoms with Gasteiger partial charge in [-0.3, -0.25) is 14.2 Å². The highest BCUT2D eigenvalue weighted by Gasteiger charge is 2.13. The van der Waals surface area contributed by atoms with Crippen LogP contribution in [0.4, 0.5) is 0 Å². The van der Waals surface area contributed by atoms with Crippen molar-refractivity contribution >= 4 is 39.9 Å². The normalized spacial score (nSPS) is 11.2. The number of benzene rings is 1. The van der Waals surface area contributed by atoms with E-state index in [1.807, 2.05) is 43.5 Å². The van der Waals surface area contributed by atoms with Gasteiger partial charge in [0.1, 0.15) is 0 Å². The number of carbonyl (C=O) groups excluding carboxylic acids is 1. The third-order valence-corrected chi connectivity index (χ3v) is 5.68. The maximum atomic E-state index is 12.9. The average Bonchev–Trinajstić information content (AvgIpc) is 3.12. The quantitative estimate of drug-likeness (QED) is 0.499. The highest BCUT2D eigenvalue weighted by Crippen LogP contribution is 2.19. The fourth-order valence-electron chi connectivity index (χ4n) is 2.63. The van der Waals surface area contributed by atoms with E-state index in [2.05, 4.69) is 16.4 Å². The molecule has 2 heterocycles. The molecule has 3 rings (SSSR count). The molecule has 0 bridgehead atoms. The van der Waals surface area contributed by atoms with Gasteiger partial charge in [-0.15, -0.1) is 11.3 Å². The van der Waals surface area contributed by atoms with Crippen molar-refractivity contribution in [1.29, 1.82) is 0 Å². The van der Waals surface area contributed by atoms with Crippen LogP contribution in [-0.4, -0.2) is 27.3 Å². The van der Waals surface area contributed by atoms with Crippen LogP contribution in [0.25, 0.3) is 10.9 Å². The van der Waals surface area contributed by atoms with E-state index in [9.17, 15) is 9.59 Å². The number of amides is 1. The van der Waals surface area contributed by atoms with Crippen molar-refractivity contribution in [3.8, 4) is 0 Å². The fourth-order valence-corrected chi connectivity index (χ4v) is 4.16. The van der Waals surface area contributed by atoms with Crippen LogP contribution < -0.4 is 10.9 Å². The largest absolute Gasteiger partial charge is 0.353 e. The van der Waals surface area contributed by atoms with Crippen molar-refractivity contribution in [2.75, 3.05) is 5.75 Å². The zero-order valence-corrected chi connectivity index (χ0v) is 16.4. The van der Waals surface area contributed by atoms with Crippen molar-refractivity contribution in [1.82, 2.24) is 14.9 Å². The summed E-state index contributed by atoms with van der Waals surface area (Å²) in [4.78, 5) is 30.8. The summed E-state index contributed by atoms with van der Waals surface area (Å²) in [5.41, 5.74) is 0.607. The number of nitrogens with zero attached hydrogens (tertiary/aromatic N) is 2. The lowest BCUT2D eigenvalue weighted by Gasteiger charge is -2.13. The lowest BCUT2D eigenvalue weighted by atomic mass is 10.2. The molecule has 0 aliphatic rings. The molecule has 2 aromatic heterocycles. The van der Waals surface area contributed by atoms with Crippen molar-refractivity contribution in [2.45, 2.75) is 38.0 Å². The number of rotatable bonds is 7. The maximum Gasteiger partial charge on any atom is 0.262 e. The first-order chi connectivity index (χ1) is 12.5. The minimum Gasteiger partial charge on any atom is -0.353 e. The minimum atomic E-state index is -0.0581. The molecule has 26 heavy (non-hydrogen) atoms. The molecule has 1 N–H and O–H groups in total. The molecule has 0 atom stereocenters. The zero-order valence-electron chi connectivity index (χ0n) is 14.8. The lowest BCUT2D eigenvalue weighted by molar-refractivity contribution is -0.119. The van der Waals surface area contributed by atoms with Crippen molar-refractivity contribution in [3.05, 3.63) is 57.0 Å². The third-order valence-electron chi connectivity index (χ3n) is 3.77. The summed E-state index contributed by atoms with van der Waals surface area (Å²) in [7, 11) is 0. The molecule has 136 valence electrons. The van der Waals surface area contributed by atoms with Crippen LogP contribution in [0.3, 0.4) is 0 Å². The molecule has 1 aromatic carbocycles. The Morgan fingerprint density at radius 2 is 2.08 bits per heavy atom. The molecule has 3 aromatic rings. The maximum absolute atomic E-state index is 12.9. The van der Waals surface area contributed by atoms with Gasteiger partial charge in [0.05, 0.1) is 16.7 Å². The molecule has 0 unspecified atom stereocenters. The van der Waals surface area contributed by atoms with Crippen LogP contribution in [0.1, 0.15) is 18.7 Å². The number of hydrogen-bond donors (Lipinski definition) is 1. The second kappa shape index (κ2) is 8.51. The molecule has 0 saturated carbocycles. The molecule has 0 radical (unpaired) electrons. The van der Waals surface area contributed by atoms with Crippen molar-refractivity contribution < 1.29 is 4.79 Å². The summed E-state index contributed by atoms with van der Waals surface area (Å²) in [6.07, 6.45) is 0.767. The van der Waals surface area contributed by atoms with Gasteiger partial charge in [-0.05, 0) is 43.8 Å². The Bertz CT molecular complexity index is 949. The Balaban J connectivity index is 1.89. The van der Waals surface area contributed by atoms with Crippen LogP contribution in [0.2, 0.25) is 0 Å². The van der Waals surface area contributed by atoms with Crippen LogP contribution in [0.5, 0.6) is 0 Å². The van der Waals surface area contributed by atoms with Gasteiger partial charge in [0.25, 0.3) is 5.56 Å². The molecule has 0 fully saturated rings. The molecular weight excluding hydrogens is 366 g/mol. The Hall–Kier alpha value is -2.12. The summed E-state index contributed by atoms with van der Waals surface area (Å²) in [5, 5.41) is 6.09. The number of para-hydroxylation sites is 1. The number of hydrogen-bond acceptors (Lipinski definition) is 5. The molecule has 0 aliphatic heterocycles. The van der Waals surface area contributed by atoms with Gasteiger partial charge in [0.15, 0.2) is 5.16 Å². The van der Waals surface area contributed by atoms with Gasteiger partial charge in [0, 0.05) is 17.5 Å². The summed E-state index contributed by atoms with van der Waals surface area (Å²) in [6, 6.07) is 11.5. The number of thiophene rings is 1. The molecule has 0 spiro atoms. The second-order valence-electron chi connectivity index (χ2n) is 6.21. The highest BCUT2D eigenvalue weighted by atomic mass is 32.2. The Labute approximate surface area is 160 Å². The lowest BCUT2D eigenvalue weighted by Crippen LogP contribution is -2.32. The van der Waals surface area contributed by atoms with Gasteiger partial charge in [0.2, 0.25) is 5.91 Å². The first kappa shape index (κ1) is 18.7. The number of aromatic nitrogens is 2. The Morgan fingerprint density at radius 3 is 2.81 bits per heavy atom. The van der Waals surface area contributed by atoms with E-state index >= 15 is 0 Å². The molecule has 5 nitrogen and oxygen atoms in total. The van der Waals surface area contributed by atoms with Gasteiger partial charge < -0.3 is 5.32 Å². The first-order valence-corrected chi connectivity index (χ1v) is 10.3. The minimum absolute atomic E-state index is 0.0566. The van der Waals surface area contributed by atoms with E-state index < -0.39 is 0 Å². The van der Waals surface area contributed by atoms with Gasteiger partial charge in [-0.2, -0.15) is 0 Å². The Kier molecular flexibility index (Phi) is 6.11. The predicted octanol–water partition coefficient (Wildman–Crippen LogP) is 3.32. The Morgan fingerprint density at radius 1 is 1.27 bits per heavy atom. The van der Waals surface area contributed by atoms with E-state index in [-0.39, 0.29) is 23.3 Å². The number of carbonyl (C=O) groups is 1.